The van der Waals surface area contributed by atoms with E-state index in [1.807, 2.05) is 11.8 Å². The molecule has 1 aromatic rings. The highest BCUT2D eigenvalue weighted by atomic mass is 32.2. The van der Waals surface area contributed by atoms with Crippen molar-refractivity contribution in [2.75, 3.05) is 5.75 Å². The van der Waals surface area contributed by atoms with E-state index >= 15 is 0 Å². The first-order valence-corrected chi connectivity index (χ1v) is 6.00. The van der Waals surface area contributed by atoms with Crippen LogP contribution in [0.1, 0.15) is 27.7 Å². The summed E-state index contributed by atoms with van der Waals surface area (Å²) in [5.74, 6) is 2.47. The molecule has 0 aliphatic carbocycles. The molecule has 12 heavy (non-hydrogen) atoms. The largest absolute Gasteiger partial charge is 0.294 e. The molecule has 0 radical (unpaired) electrons. The number of ketones is 1. The molecule has 0 bridgehead atoms. The third kappa shape index (κ3) is 1.31. The molecule has 0 N–H and O–H groups in total. The third-order valence-electron chi connectivity index (χ3n) is 2.06. The van der Waals surface area contributed by atoms with Crippen LogP contribution in [0.25, 0.3) is 0 Å². The van der Waals surface area contributed by atoms with Crippen molar-refractivity contribution in [3.63, 3.8) is 0 Å². The lowest BCUT2D eigenvalue weighted by Crippen LogP contribution is -2.02. The maximum absolute atomic E-state index is 11.2. The van der Waals surface area contributed by atoms with Gasteiger partial charge >= 0.3 is 0 Å². The molecule has 0 aromatic carbocycles. The summed E-state index contributed by atoms with van der Waals surface area (Å²) >= 11 is 3.54. The lowest BCUT2D eigenvalue weighted by atomic mass is 10.1. The van der Waals surface area contributed by atoms with Gasteiger partial charge in [-0.3, -0.25) is 4.79 Å². The predicted octanol–water partition coefficient (Wildman–Crippen LogP) is 2.74. The third-order valence-corrected chi connectivity index (χ3v) is 4.22. The van der Waals surface area contributed by atoms with Crippen LogP contribution in [-0.2, 0) is 12.2 Å². The van der Waals surface area contributed by atoms with E-state index in [0.29, 0.717) is 0 Å². The van der Waals surface area contributed by atoms with Crippen molar-refractivity contribution >= 4 is 28.9 Å². The van der Waals surface area contributed by atoms with Gasteiger partial charge in [0.1, 0.15) is 0 Å². The Morgan fingerprint density at radius 2 is 2.42 bits per heavy atom. The van der Waals surface area contributed by atoms with Crippen molar-refractivity contribution in [2.45, 2.75) is 19.1 Å². The van der Waals surface area contributed by atoms with Crippen LogP contribution in [0.2, 0.25) is 0 Å². The quantitative estimate of drug-likeness (QED) is 0.645. The summed E-state index contributed by atoms with van der Waals surface area (Å²) in [4.78, 5) is 12.2. The highest BCUT2D eigenvalue weighted by molar-refractivity contribution is 7.98. The SMILES string of the molecule is CC(=O)c1scc2c1CSCC2. The van der Waals surface area contributed by atoms with Gasteiger partial charge in [0.05, 0.1) is 4.88 Å². The van der Waals surface area contributed by atoms with Crippen LogP contribution in [0.15, 0.2) is 5.38 Å². The van der Waals surface area contributed by atoms with Crippen molar-refractivity contribution in [3.8, 4) is 0 Å². The molecule has 0 unspecified atom stereocenters. The number of hydrogen-bond acceptors (Lipinski definition) is 3. The van der Waals surface area contributed by atoms with Crippen LogP contribution < -0.4 is 0 Å². The predicted molar refractivity (Wildman–Crippen MR) is 54.2 cm³/mol. The Balaban J connectivity index is 2.44. The zero-order chi connectivity index (χ0) is 8.55. The smallest absolute Gasteiger partial charge is 0.170 e. The van der Waals surface area contributed by atoms with Gasteiger partial charge in [0.25, 0.3) is 0 Å². The zero-order valence-corrected chi connectivity index (χ0v) is 8.56. The number of carbonyl (C=O) groups is 1. The Morgan fingerprint density at radius 3 is 3.17 bits per heavy atom. The standard InChI is InChI=1S/C9H10OS2/c1-6(10)9-8-5-11-3-2-7(8)4-12-9/h4H,2-3,5H2,1H3. The van der Waals surface area contributed by atoms with E-state index < -0.39 is 0 Å². The fraction of sp³-hybridized carbons (Fsp3) is 0.444. The topological polar surface area (TPSA) is 17.1 Å². The van der Waals surface area contributed by atoms with Crippen molar-refractivity contribution < 1.29 is 4.79 Å². The lowest BCUT2D eigenvalue weighted by Gasteiger charge is -2.11. The molecule has 1 nitrogen and oxygen atoms in total. The molecule has 2 heterocycles. The van der Waals surface area contributed by atoms with Crippen LogP contribution >= 0.6 is 23.1 Å². The van der Waals surface area contributed by atoms with Gasteiger partial charge in [0.15, 0.2) is 5.78 Å². The van der Waals surface area contributed by atoms with Gasteiger partial charge in [-0.15, -0.1) is 11.3 Å². The Kier molecular flexibility index (Phi) is 2.24. The molecular weight excluding hydrogens is 188 g/mol. The van der Waals surface area contributed by atoms with E-state index in [1.165, 1.54) is 16.9 Å². The van der Waals surface area contributed by atoms with Crippen LogP contribution in [-0.4, -0.2) is 11.5 Å². The Hall–Kier alpha value is -0.280. The number of rotatable bonds is 1. The van der Waals surface area contributed by atoms with Crippen LogP contribution in [0.4, 0.5) is 0 Å². The maximum atomic E-state index is 11.2. The highest BCUT2D eigenvalue weighted by Crippen LogP contribution is 2.32. The normalized spacial score (nSPS) is 15.8. The second-order valence-corrected chi connectivity index (χ2v) is 4.91. The van der Waals surface area contributed by atoms with Gasteiger partial charge in [-0.1, -0.05) is 0 Å². The second kappa shape index (κ2) is 3.23. The fourth-order valence-electron chi connectivity index (χ4n) is 1.44. The Bertz CT molecular complexity index is 314. The minimum atomic E-state index is 0.226. The number of aryl methyl sites for hydroxylation is 1. The van der Waals surface area contributed by atoms with Crippen molar-refractivity contribution in [2.24, 2.45) is 0 Å². The zero-order valence-electron chi connectivity index (χ0n) is 6.92. The van der Waals surface area contributed by atoms with Crippen LogP contribution in [0.5, 0.6) is 0 Å². The summed E-state index contributed by atoms with van der Waals surface area (Å²) in [5, 5.41) is 2.14. The van der Waals surface area contributed by atoms with E-state index in [9.17, 15) is 4.79 Å². The van der Waals surface area contributed by atoms with Crippen molar-refractivity contribution in [1.82, 2.24) is 0 Å². The van der Waals surface area contributed by atoms with Gasteiger partial charge in [-0.2, -0.15) is 11.8 Å². The Morgan fingerprint density at radius 1 is 1.58 bits per heavy atom. The summed E-state index contributed by atoms with van der Waals surface area (Å²) in [7, 11) is 0. The molecule has 0 spiro atoms. The maximum Gasteiger partial charge on any atom is 0.170 e. The molecule has 64 valence electrons. The molecule has 0 amide bonds. The molecule has 0 fully saturated rings. The minimum Gasteiger partial charge on any atom is -0.294 e. The number of Topliss-reactive ketones (excluding diaryl/α,β-unsaturated/α-hetero) is 1. The number of thiophene rings is 1. The molecule has 1 aromatic heterocycles. The molecular formula is C9H10OS2. The second-order valence-electron chi connectivity index (χ2n) is 2.93. The van der Waals surface area contributed by atoms with E-state index in [2.05, 4.69) is 5.38 Å². The van der Waals surface area contributed by atoms with Gasteiger partial charge in [0, 0.05) is 5.75 Å². The average molecular weight is 198 g/mol. The lowest BCUT2D eigenvalue weighted by molar-refractivity contribution is 0.102. The van der Waals surface area contributed by atoms with Gasteiger partial charge in [0.2, 0.25) is 0 Å². The summed E-state index contributed by atoms with van der Waals surface area (Å²) in [6, 6.07) is 0. The number of carbonyl (C=O) groups excluding carboxylic acids is 1. The Labute approximate surface area is 80.2 Å². The molecule has 1 aliphatic rings. The van der Waals surface area contributed by atoms with E-state index in [4.69, 9.17) is 0 Å². The van der Waals surface area contributed by atoms with Crippen molar-refractivity contribution in [1.29, 1.82) is 0 Å². The van der Waals surface area contributed by atoms with E-state index in [1.54, 1.807) is 18.3 Å². The molecule has 0 atom stereocenters. The average Bonchev–Trinajstić information content (AvgIpc) is 2.47. The van der Waals surface area contributed by atoms with Crippen LogP contribution in [0, 0.1) is 0 Å². The van der Waals surface area contributed by atoms with Gasteiger partial charge in [-0.05, 0) is 35.6 Å². The summed E-state index contributed by atoms with van der Waals surface area (Å²) in [5.41, 5.74) is 2.72. The molecule has 0 saturated carbocycles. The summed E-state index contributed by atoms with van der Waals surface area (Å²) in [6.07, 6.45) is 1.14. The summed E-state index contributed by atoms with van der Waals surface area (Å²) in [6.45, 7) is 1.66. The van der Waals surface area contributed by atoms with Gasteiger partial charge in [-0.25, -0.2) is 0 Å². The first-order valence-electron chi connectivity index (χ1n) is 3.97. The molecule has 2 rings (SSSR count). The first kappa shape index (κ1) is 8.32. The molecule has 1 aliphatic heterocycles. The van der Waals surface area contributed by atoms with Crippen LogP contribution in [0.3, 0.4) is 0 Å². The van der Waals surface area contributed by atoms with Gasteiger partial charge < -0.3 is 0 Å². The van der Waals surface area contributed by atoms with E-state index in [0.717, 1.165) is 17.1 Å². The fourth-order valence-corrected chi connectivity index (χ4v) is 3.60. The first-order chi connectivity index (χ1) is 5.79. The monoisotopic (exact) mass is 198 g/mol. The van der Waals surface area contributed by atoms with E-state index in [-0.39, 0.29) is 5.78 Å². The highest BCUT2D eigenvalue weighted by Gasteiger charge is 2.17. The van der Waals surface area contributed by atoms with Crippen molar-refractivity contribution in [3.05, 3.63) is 21.4 Å². The molecule has 3 heteroatoms. The summed E-state index contributed by atoms with van der Waals surface area (Å²) < 4.78 is 0. The number of hydrogen-bond donors (Lipinski definition) is 0. The minimum absolute atomic E-state index is 0.226. The molecule has 0 saturated heterocycles. The number of fused-ring (bicyclic) bond motifs is 1. The number of thioether (sulfide) groups is 1.